The van der Waals surface area contributed by atoms with Gasteiger partial charge in [0.05, 0.1) is 23.9 Å². The molecule has 0 spiro atoms. The second-order valence-corrected chi connectivity index (χ2v) is 7.36. The average molecular weight is 432 g/mol. The highest BCUT2D eigenvalue weighted by Crippen LogP contribution is 2.29. The van der Waals surface area contributed by atoms with Gasteiger partial charge in [0.2, 0.25) is 0 Å². The number of benzene rings is 1. The fraction of sp³-hybridized carbons (Fsp3) is 0.381. The predicted molar refractivity (Wildman–Crippen MR) is 108 cm³/mol. The van der Waals surface area contributed by atoms with Gasteiger partial charge in [-0.2, -0.15) is 18.3 Å². The van der Waals surface area contributed by atoms with Crippen LogP contribution in [0.15, 0.2) is 41.7 Å². The molecule has 3 heterocycles. The highest BCUT2D eigenvalue weighted by molar-refractivity contribution is 5.53. The van der Waals surface area contributed by atoms with Crippen LogP contribution < -0.4 is 10.8 Å². The van der Waals surface area contributed by atoms with E-state index in [4.69, 9.17) is 4.74 Å². The van der Waals surface area contributed by atoms with Gasteiger partial charge in [0.15, 0.2) is 5.49 Å². The normalized spacial score (nSPS) is 13.6. The molecule has 31 heavy (non-hydrogen) atoms. The summed E-state index contributed by atoms with van der Waals surface area (Å²) in [7, 11) is 1.61. The SMILES string of the molecule is CCCN1C=c2c(nc(-c3cnn(Cc4cccc(C(F)(F)F)c4)c3)n2COC)=NC1. The summed E-state index contributed by atoms with van der Waals surface area (Å²) in [6.45, 7) is 4.07. The number of rotatable bonds is 7. The molecule has 1 aliphatic rings. The van der Waals surface area contributed by atoms with E-state index < -0.39 is 11.7 Å². The molecule has 0 radical (unpaired) electrons. The van der Waals surface area contributed by atoms with E-state index in [0.717, 1.165) is 36.0 Å². The number of alkyl halides is 3. The maximum absolute atomic E-state index is 13.0. The summed E-state index contributed by atoms with van der Waals surface area (Å²) in [5.74, 6) is 0.653. The Morgan fingerprint density at radius 3 is 2.81 bits per heavy atom. The van der Waals surface area contributed by atoms with Crippen molar-refractivity contribution < 1.29 is 17.9 Å². The minimum atomic E-state index is -4.37. The molecule has 0 N–H and O–H groups in total. The third-order valence-electron chi connectivity index (χ3n) is 4.95. The van der Waals surface area contributed by atoms with Crippen LogP contribution in [0.1, 0.15) is 24.5 Å². The highest BCUT2D eigenvalue weighted by Gasteiger charge is 2.30. The molecule has 0 atom stereocenters. The molecule has 1 aliphatic heterocycles. The van der Waals surface area contributed by atoms with Gasteiger partial charge in [0.25, 0.3) is 0 Å². The fourth-order valence-electron chi connectivity index (χ4n) is 3.57. The number of hydrogen-bond donors (Lipinski definition) is 0. The van der Waals surface area contributed by atoms with Crippen LogP contribution in [0.25, 0.3) is 17.6 Å². The lowest BCUT2D eigenvalue weighted by Gasteiger charge is -2.18. The number of methoxy groups -OCH3 is 1. The molecule has 0 bridgehead atoms. The van der Waals surface area contributed by atoms with Crippen molar-refractivity contribution in [1.82, 2.24) is 24.2 Å². The summed E-state index contributed by atoms with van der Waals surface area (Å²) in [4.78, 5) is 11.3. The van der Waals surface area contributed by atoms with Crippen LogP contribution in [-0.2, 0) is 24.2 Å². The van der Waals surface area contributed by atoms with Gasteiger partial charge >= 0.3 is 6.18 Å². The van der Waals surface area contributed by atoms with Crippen LogP contribution in [0.5, 0.6) is 0 Å². The number of imidazole rings is 1. The van der Waals surface area contributed by atoms with E-state index in [1.807, 2.05) is 10.8 Å². The number of hydrogen-bond acceptors (Lipinski definition) is 5. The first kappa shape index (κ1) is 21.1. The lowest BCUT2D eigenvalue weighted by atomic mass is 10.1. The largest absolute Gasteiger partial charge is 0.416 e. The second kappa shape index (κ2) is 8.54. The molecule has 3 aromatic rings. The summed E-state index contributed by atoms with van der Waals surface area (Å²) < 4.78 is 47.8. The third-order valence-corrected chi connectivity index (χ3v) is 4.95. The van der Waals surface area contributed by atoms with Crippen LogP contribution in [0.3, 0.4) is 0 Å². The maximum Gasteiger partial charge on any atom is 0.416 e. The van der Waals surface area contributed by atoms with E-state index in [2.05, 4.69) is 26.9 Å². The van der Waals surface area contributed by atoms with Crippen molar-refractivity contribution in [3.8, 4) is 11.4 Å². The van der Waals surface area contributed by atoms with Crippen LogP contribution in [0, 0.1) is 0 Å². The molecule has 164 valence electrons. The van der Waals surface area contributed by atoms with E-state index in [-0.39, 0.29) is 6.54 Å². The quantitative estimate of drug-likeness (QED) is 0.576. The zero-order valence-electron chi connectivity index (χ0n) is 17.3. The maximum atomic E-state index is 13.0. The molecule has 0 saturated carbocycles. The van der Waals surface area contributed by atoms with E-state index in [0.29, 0.717) is 30.3 Å². The molecule has 0 unspecified atom stereocenters. The second-order valence-electron chi connectivity index (χ2n) is 7.36. The molecule has 4 rings (SSSR count). The minimum Gasteiger partial charge on any atom is -0.364 e. The van der Waals surface area contributed by atoms with Gasteiger partial charge in [-0.3, -0.25) is 9.25 Å². The number of aromatic nitrogens is 4. The van der Waals surface area contributed by atoms with Gasteiger partial charge in [-0.25, -0.2) is 9.98 Å². The summed E-state index contributed by atoms with van der Waals surface area (Å²) in [5.41, 5.74) is 1.23. The van der Waals surface area contributed by atoms with E-state index in [1.54, 1.807) is 30.3 Å². The van der Waals surface area contributed by atoms with Gasteiger partial charge in [-0.1, -0.05) is 19.1 Å². The van der Waals surface area contributed by atoms with Crippen LogP contribution >= 0.6 is 0 Å². The molecule has 0 aliphatic carbocycles. The zero-order valence-corrected chi connectivity index (χ0v) is 17.3. The Labute approximate surface area is 177 Å². The molecular weight excluding hydrogens is 409 g/mol. The molecule has 0 amide bonds. The Morgan fingerprint density at radius 1 is 1.23 bits per heavy atom. The van der Waals surface area contributed by atoms with Crippen LogP contribution in [0.2, 0.25) is 0 Å². The molecule has 0 fully saturated rings. The Bertz CT molecular complexity index is 1180. The summed E-state index contributed by atoms with van der Waals surface area (Å²) in [6, 6.07) is 5.26. The number of nitrogens with zero attached hydrogens (tertiary/aromatic N) is 6. The van der Waals surface area contributed by atoms with Gasteiger partial charge in [0, 0.05) is 26.1 Å². The van der Waals surface area contributed by atoms with Gasteiger partial charge in [-0.15, -0.1) is 0 Å². The van der Waals surface area contributed by atoms with E-state index >= 15 is 0 Å². The number of ether oxygens (including phenoxy) is 1. The molecule has 10 heteroatoms. The van der Waals surface area contributed by atoms with Crippen molar-refractivity contribution in [2.75, 3.05) is 20.3 Å². The van der Waals surface area contributed by atoms with Gasteiger partial charge < -0.3 is 9.64 Å². The van der Waals surface area contributed by atoms with Crippen LogP contribution in [-0.4, -0.2) is 44.6 Å². The Morgan fingerprint density at radius 2 is 2.06 bits per heavy atom. The zero-order chi connectivity index (χ0) is 22.0. The molecule has 0 saturated heterocycles. The monoisotopic (exact) mass is 432 g/mol. The van der Waals surface area contributed by atoms with Gasteiger partial charge in [0.1, 0.15) is 24.6 Å². The number of halogens is 3. The Balaban J connectivity index is 1.65. The lowest BCUT2D eigenvalue weighted by molar-refractivity contribution is -0.137. The van der Waals surface area contributed by atoms with Crippen molar-refractivity contribution >= 4 is 6.20 Å². The summed E-state index contributed by atoms with van der Waals surface area (Å²) in [5, 5.41) is 5.18. The van der Waals surface area contributed by atoms with Crippen molar-refractivity contribution in [3.05, 3.63) is 58.6 Å². The Hall–Kier alpha value is -3.14. The topological polar surface area (TPSA) is 60.5 Å². The van der Waals surface area contributed by atoms with Crippen molar-refractivity contribution in [3.63, 3.8) is 0 Å². The first-order valence-electron chi connectivity index (χ1n) is 9.94. The summed E-state index contributed by atoms with van der Waals surface area (Å²) >= 11 is 0. The fourth-order valence-corrected chi connectivity index (χ4v) is 3.57. The van der Waals surface area contributed by atoms with Crippen molar-refractivity contribution in [1.29, 1.82) is 0 Å². The first-order valence-corrected chi connectivity index (χ1v) is 9.94. The smallest absolute Gasteiger partial charge is 0.364 e. The van der Waals surface area contributed by atoms with Gasteiger partial charge in [-0.05, 0) is 24.1 Å². The molecule has 1 aromatic carbocycles. The molecular formula is C21H23F3N6O. The molecule has 7 nitrogen and oxygen atoms in total. The summed E-state index contributed by atoms with van der Waals surface area (Å²) in [6.07, 6.45) is 2.09. The van der Waals surface area contributed by atoms with E-state index in [1.165, 1.54) is 6.07 Å². The lowest BCUT2D eigenvalue weighted by Crippen LogP contribution is -2.39. The highest BCUT2D eigenvalue weighted by atomic mass is 19.4. The molecule has 2 aromatic heterocycles. The first-order chi connectivity index (χ1) is 14.9. The standard InChI is InChI=1S/C21H23F3N6O/c1-3-7-28-12-18-19(25-13-28)27-20(30(18)14-31-2)16-9-26-29(11-16)10-15-5-4-6-17(8-15)21(22,23)24/h4-6,8-9,11-12H,3,7,10,13-14H2,1-2H3. The Kier molecular flexibility index (Phi) is 5.81. The minimum absolute atomic E-state index is 0.218. The van der Waals surface area contributed by atoms with Crippen molar-refractivity contribution in [2.45, 2.75) is 32.8 Å². The third kappa shape index (κ3) is 4.48. The average Bonchev–Trinajstić information content (AvgIpc) is 3.33. The van der Waals surface area contributed by atoms with E-state index in [9.17, 15) is 13.2 Å². The predicted octanol–water partition coefficient (Wildman–Crippen LogP) is 2.46. The van der Waals surface area contributed by atoms with Crippen molar-refractivity contribution in [2.24, 2.45) is 4.99 Å². The number of fused-ring (bicyclic) bond motifs is 1. The van der Waals surface area contributed by atoms with Crippen LogP contribution in [0.4, 0.5) is 13.2 Å².